The number of benzene rings is 1. The molecule has 0 saturated heterocycles. The predicted molar refractivity (Wildman–Crippen MR) is 126 cm³/mol. The quantitative estimate of drug-likeness (QED) is 0.412. The van der Waals surface area contributed by atoms with Crippen molar-refractivity contribution in [2.24, 2.45) is 0 Å². The molecule has 7 nitrogen and oxygen atoms in total. The number of methoxy groups -OCH3 is 1. The van der Waals surface area contributed by atoms with Gasteiger partial charge in [-0.25, -0.2) is 14.6 Å². The fraction of sp³-hybridized carbons (Fsp3) is 0.348. The van der Waals surface area contributed by atoms with Crippen molar-refractivity contribution in [3.63, 3.8) is 0 Å². The molecule has 0 amide bonds. The van der Waals surface area contributed by atoms with Gasteiger partial charge in [0.15, 0.2) is 5.13 Å². The van der Waals surface area contributed by atoms with E-state index >= 15 is 0 Å². The van der Waals surface area contributed by atoms with Gasteiger partial charge in [0, 0.05) is 40.9 Å². The molecule has 0 atom stereocenters. The molecule has 8 heteroatoms. The number of rotatable bonds is 6. The molecule has 0 aliphatic rings. The molecule has 3 aromatic heterocycles. The van der Waals surface area contributed by atoms with Crippen molar-refractivity contribution in [3.05, 3.63) is 54.1 Å². The number of ether oxygens (including phenoxy) is 1. The molecule has 31 heavy (non-hydrogen) atoms. The summed E-state index contributed by atoms with van der Waals surface area (Å²) in [6, 6.07) is 8.44. The summed E-state index contributed by atoms with van der Waals surface area (Å²) >= 11 is 1.57. The van der Waals surface area contributed by atoms with Gasteiger partial charge < -0.3 is 14.6 Å². The highest BCUT2D eigenvalue weighted by Crippen LogP contribution is 2.33. The van der Waals surface area contributed by atoms with Crippen molar-refractivity contribution in [2.75, 3.05) is 12.4 Å². The third-order valence-electron chi connectivity index (χ3n) is 4.99. The zero-order chi connectivity index (χ0) is 22.2. The maximum atomic E-state index is 5.61. The summed E-state index contributed by atoms with van der Waals surface area (Å²) in [6.07, 6.45) is 5.40. The molecule has 0 spiro atoms. The SMILES string of the molecule is COc1cc(-c2csc(Nc3cc(C(C)(C)C)nn3C(C)C)n2)ccc1-n1ccnc1. The number of aromatic nitrogens is 5. The van der Waals surface area contributed by atoms with E-state index in [0.717, 1.165) is 39.3 Å². The molecule has 4 aromatic rings. The minimum atomic E-state index is -0.0157. The molecule has 0 radical (unpaired) electrons. The number of thiazole rings is 1. The van der Waals surface area contributed by atoms with Gasteiger partial charge in [0.25, 0.3) is 0 Å². The maximum Gasteiger partial charge on any atom is 0.188 e. The van der Waals surface area contributed by atoms with Crippen molar-refractivity contribution < 1.29 is 4.74 Å². The number of hydrogen-bond donors (Lipinski definition) is 1. The van der Waals surface area contributed by atoms with E-state index in [1.807, 2.05) is 33.6 Å². The van der Waals surface area contributed by atoms with Crippen LogP contribution < -0.4 is 10.1 Å². The van der Waals surface area contributed by atoms with Crippen LogP contribution in [-0.4, -0.2) is 31.4 Å². The average molecular weight is 437 g/mol. The summed E-state index contributed by atoms with van der Waals surface area (Å²) < 4.78 is 9.56. The molecule has 0 aliphatic heterocycles. The van der Waals surface area contributed by atoms with Crippen LogP contribution in [0.2, 0.25) is 0 Å². The van der Waals surface area contributed by atoms with E-state index in [-0.39, 0.29) is 11.5 Å². The van der Waals surface area contributed by atoms with Crippen LogP contribution in [0.25, 0.3) is 16.9 Å². The molecule has 162 valence electrons. The molecule has 3 heterocycles. The Labute approximate surface area is 186 Å². The standard InChI is InChI=1S/C23H28N6OS/c1-15(2)29-21(12-20(27-29)23(3,4)5)26-22-25-17(13-31-22)16-7-8-18(19(11-16)30-6)28-10-9-24-14-28/h7-15H,1-6H3,(H,25,26). The van der Waals surface area contributed by atoms with Gasteiger partial charge in [-0.2, -0.15) is 5.10 Å². The van der Waals surface area contributed by atoms with E-state index in [4.69, 9.17) is 14.8 Å². The number of nitrogens with one attached hydrogen (secondary N) is 1. The monoisotopic (exact) mass is 436 g/mol. The van der Waals surface area contributed by atoms with E-state index in [1.165, 1.54) is 0 Å². The van der Waals surface area contributed by atoms with Crippen LogP contribution in [0, 0.1) is 0 Å². The number of hydrogen-bond acceptors (Lipinski definition) is 6. The minimum absolute atomic E-state index is 0.0157. The zero-order valence-corrected chi connectivity index (χ0v) is 19.6. The topological polar surface area (TPSA) is 69.8 Å². The van der Waals surface area contributed by atoms with Crippen LogP contribution in [0.1, 0.15) is 46.4 Å². The van der Waals surface area contributed by atoms with Gasteiger partial charge in [-0.1, -0.05) is 26.8 Å². The van der Waals surface area contributed by atoms with Crippen molar-refractivity contribution in [3.8, 4) is 22.7 Å². The third kappa shape index (κ3) is 4.34. The zero-order valence-electron chi connectivity index (χ0n) is 18.7. The van der Waals surface area contributed by atoms with Gasteiger partial charge in [-0.15, -0.1) is 11.3 Å². The summed E-state index contributed by atoms with van der Waals surface area (Å²) in [5.41, 5.74) is 3.87. The first kappa shape index (κ1) is 21.1. The van der Waals surface area contributed by atoms with Gasteiger partial charge in [0.2, 0.25) is 0 Å². The number of imidazole rings is 1. The highest BCUT2D eigenvalue weighted by Gasteiger charge is 2.21. The molecule has 0 aliphatic carbocycles. The van der Waals surface area contributed by atoms with Gasteiger partial charge in [-0.05, 0) is 26.0 Å². The second-order valence-electron chi connectivity index (χ2n) is 8.72. The lowest BCUT2D eigenvalue weighted by atomic mass is 9.92. The second-order valence-corrected chi connectivity index (χ2v) is 9.58. The van der Waals surface area contributed by atoms with E-state index < -0.39 is 0 Å². The van der Waals surface area contributed by atoms with Gasteiger partial charge >= 0.3 is 0 Å². The van der Waals surface area contributed by atoms with Crippen LogP contribution >= 0.6 is 11.3 Å². The van der Waals surface area contributed by atoms with Crippen molar-refractivity contribution in [2.45, 2.75) is 46.1 Å². The molecule has 1 N–H and O–H groups in total. The lowest BCUT2D eigenvalue weighted by molar-refractivity contribution is 0.413. The average Bonchev–Trinajstić information content (AvgIpc) is 3.48. The smallest absolute Gasteiger partial charge is 0.188 e. The summed E-state index contributed by atoms with van der Waals surface area (Å²) in [5, 5.41) is 11.1. The number of nitrogens with zero attached hydrogens (tertiary/aromatic N) is 5. The molecule has 1 aromatic carbocycles. The van der Waals surface area contributed by atoms with Crippen molar-refractivity contribution >= 4 is 22.3 Å². The van der Waals surface area contributed by atoms with Crippen molar-refractivity contribution in [1.82, 2.24) is 24.3 Å². The van der Waals surface area contributed by atoms with Crippen LogP contribution in [0.5, 0.6) is 5.75 Å². The summed E-state index contributed by atoms with van der Waals surface area (Å²) in [5.74, 6) is 1.72. The maximum absolute atomic E-state index is 5.61. The summed E-state index contributed by atoms with van der Waals surface area (Å²) in [7, 11) is 1.67. The van der Waals surface area contributed by atoms with E-state index in [9.17, 15) is 0 Å². The Bertz CT molecular complexity index is 1170. The van der Waals surface area contributed by atoms with E-state index in [1.54, 1.807) is 31.0 Å². The third-order valence-corrected chi connectivity index (χ3v) is 5.75. The van der Waals surface area contributed by atoms with Gasteiger partial charge in [0.05, 0.1) is 30.5 Å². The van der Waals surface area contributed by atoms with Gasteiger partial charge in [-0.3, -0.25) is 0 Å². The first-order chi connectivity index (χ1) is 14.8. The largest absolute Gasteiger partial charge is 0.495 e. The molecule has 0 unspecified atom stereocenters. The first-order valence-electron chi connectivity index (χ1n) is 10.3. The second kappa shape index (κ2) is 8.19. The Morgan fingerprint density at radius 2 is 1.97 bits per heavy atom. The fourth-order valence-corrected chi connectivity index (χ4v) is 4.00. The molecule has 4 rings (SSSR count). The Hall–Kier alpha value is -3.13. The molecule has 0 saturated carbocycles. The Morgan fingerprint density at radius 1 is 1.16 bits per heavy atom. The summed E-state index contributed by atoms with van der Waals surface area (Å²) in [6.45, 7) is 10.8. The highest BCUT2D eigenvalue weighted by atomic mass is 32.1. The van der Waals surface area contributed by atoms with Crippen LogP contribution in [0.3, 0.4) is 0 Å². The Morgan fingerprint density at radius 3 is 2.61 bits per heavy atom. The van der Waals surface area contributed by atoms with Crippen LogP contribution in [0.4, 0.5) is 10.9 Å². The van der Waals surface area contributed by atoms with E-state index in [2.05, 4.69) is 56.4 Å². The Kier molecular flexibility index (Phi) is 5.58. The van der Waals surface area contributed by atoms with Crippen LogP contribution in [-0.2, 0) is 5.41 Å². The minimum Gasteiger partial charge on any atom is -0.495 e. The highest BCUT2D eigenvalue weighted by molar-refractivity contribution is 7.14. The Balaban J connectivity index is 1.62. The van der Waals surface area contributed by atoms with Gasteiger partial charge in [0.1, 0.15) is 11.6 Å². The van der Waals surface area contributed by atoms with Crippen molar-refractivity contribution in [1.29, 1.82) is 0 Å². The lowest BCUT2D eigenvalue weighted by Crippen LogP contribution is -2.13. The number of anilines is 2. The molecular weight excluding hydrogens is 408 g/mol. The normalized spacial score (nSPS) is 11.8. The molecular formula is C23H28N6OS. The summed E-state index contributed by atoms with van der Waals surface area (Å²) in [4.78, 5) is 8.92. The molecule has 0 bridgehead atoms. The lowest BCUT2D eigenvalue weighted by Gasteiger charge is -2.14. The van der Waals surface area contributed by atoms with E-state index in [0.29, 0.717) is 0 Å². The van der Waals surface area contributed by atoms with Crippen LogP contribution in [0.15, 0.2) is 48.4 Å². The fourth-order valence-electron chi connectivity index (χ4n) is 3.27. The molecule has 0 fully saturated rings. The predicted octanol–water partition coefficient (Wildman–Crippen LogP) is 5.82. The first-order valence-corrected chi connectivity index (χ1v) is 11.1.